The number of fused-ring (bicyclic) bond motifs is 1. The number of rotatable bonds is 4. The number of anilines is 1. The Morgan fingerprint density at radius 2 is 2.11 bits per heavy atom. The molecule has 2 N–H and O–H groups in total. The normalized spacial score (nSPS) is 11.1. The van der Waals surface area contributed by atoms with Gasteiger partial charge >= 0.3 is 0 Å². The summed E-state index contributed by atoms with van der Waals surface area (Å²) in [6.07, 6.45) is 1.71. The molecule has 136 valence electrons. The van der Waals surface area contributed by atoms with Gasteiger partial charge in [-0.05, 0) is 53.8 Å². The van der Waals surface area contributed by atoms with Crippen LogP contribution in [0, 0.1) is 10.5 Å². The molecule has 0 aliphatic carbocycles. The summed E-state index contributed by atoms with van der Waals surface area (Å²) >= 11 is 8.68. The van der Waals surface area contributed by atoms with Crippen molar-refractivity contribution in [3.63, 3.8) is 0 Å². The number of pyridine rings is 1. The molecule has 0 radical (unpaired) electrons. The third-order valence-electron chi connectivity index (χ3n) is 4.17. The Bertz CT molecular complexity index is 1190. The molecule has 4 rings (SSSR count). The molecule has 1 aromatic carbocycles. The second kappa shape index (κ2) is 7.32. The molecule has 0 saturated carbocycles. The molecule has 6 nitrogen and oxygen atoms in total. The summed E-state index contributed by atoms with van der Waals surface area (Å²) in [5, 5.41) is 8.21. The van der Waals surface area contributed by atoms with Gasteiger partial charge in [-0.3, -0.25) is 4.79 Å². The predicted molar refractivity (Wildman–Crippen MR) is 115 cm³/mol. The van der Waals surface area contributed by atoms with Gasteiger partial charge in [0.15, 0.2) is 0 Å². The van der Waals surface area contributed by atoms with E-state index in [0.717, 1.165) is 31.9 Å². The zero-order chi connectivity index (χ0) is 19.0. The van der Waals surface area contributed by atoms with E-state index in [9.17, 15) is 4.79 Å². The van der Waals surface area contributed by atoms with Crippen molar-refractivity contribution in [2.45, 2.75) is 13.5 Å². The van der Waals surface area contributed by atoms with Crippen LogP contribution in [-0.2, 0) is 6.54 Å². The topological polar surface area (TPSA) is 75.1 Å². The highest BCUT2D eigenvalue weighted by molar-refractivity contribution is 14.1. The van der Waals surface area contributed by atoms with E-state index in [4.69, 9.17) is 11.6 Å². The SMILES string of the molecule is Cc1nn2c(=O)cc(CNc3ccccn3)[nH]c2c1-c1ccc(I)cc1Cl. The first kappa shape index (κ1) is 18.0. The minimum Gasteiger partial charge on any atom is -0.365 e. The average molecular weight is 492 g/mol. The van der Waals surface area contributed by atoms with E-state index in [1.54, 1.807) is 6.20 Å². The Morgan fingerprint density at radius 1 is 1.26 bits per heavy atom. The molecule has 0 aliphatic heterocycles. The molecule has 0 fully saturated rings. The highest BCUT2D eigenvalue weighted by atomic mass is 127. The molecule has 8 heteroatoms. The van der Waals surface area contributed by atoms with Crippen molar-refractivity contribution in [2.75, 3.05) is 5.32 Å². The Morgan fingerprint density at radius 3 is 2.85 bits per heavy atom. The van der Waals surface area contributed by atoms with Crippen LogP contribution in [0.15, 0.2) is 53.5 Å². The number of halogens is 2. The fourth-order valence-electron chi connectivity index (χ4n) is 2.96. The number of hydrogen-bond acceptors (Lipinski definition) is 4. The second-order valence-corrected chi connectivity index (χ2v) is 7.70. The lowest BCUT2D eigenvalue weighted by molar-refractivity contribution is 0.863. The number of aromatic amines is 1. The second-order valence-electron chi connectivity index (χ2n) is 6.05. The summed E-state index contributed by atoms with van der Waals surface area (Å²) in [5.41, 5.74) is 3.57. The van der Waals surface area contributed by atoms with Crippen LogP contribution < -0.4 is 10.9 Å². The number of nitrogens with one attached hydrogen (secondary N) is 2. The summed E-state index contributed by atoms with van der Waals surface area (Å²) in [5.74, 6) is 0.740. The number of hydrogen-bond donors (Lipinski definition) is 2. The van der Waals surface area contributed by atoms with Crippen LogP contribution in [0.1, 0.15) is 11.4 Å². The number of aromatic nitrogens is 4. The van der Waals surface area contributed by atoms with Crippen LogP contribution in [-0.4, -0.2) is 19.6 Å². The van der Waals surface area contributed by atoms with Gasteiger partial charge in [-0.2, -0.15) is 9.61 Å². The van der Waals surface area contributed by atoms with Crippen molar-refractivity contribution in [1.29, 1.82) is 0 Å². The van der Waals surface area contributed by atoms with Crippen LogP contribution in [0.3, 0.4) is 0 Å². The maximum Gasteiger partial charge on any atom is 0.274 e. The van der Waals surface area contributed by atoms with E-state index < -0.39 is 0 Å². The van der Waals surface area contributed by atoms with Gasteiger partial charge in [0.05, 0.1) is 12.2 Å². The molecule has 0 aliphatic rings. The Kier molecular flexibility index (Phi) is 4.88. The van der Waals surface area contributed by atoms with Crippen molar-refractivity contribution in [3.05, 3.63) is 79.0 Å². The van der Waals surface area contributed by atoms with Crippen LogP contribution in [0.25, 0.3) is 16.8 Å². The molecule has 0 saturated heterocycles. The van der Waals surface area contributed by atoms with E-state index in [2.05, 4.69) is 43.0 Å². The zero-order valence-corrected chi connectivity index (χ0v) is 17.2. The zero-order valence-electron chi connectivity index (χ0n) is 14.3. The summed E-state index contributed by atoms with van der Waals surface area (Å²) in [4.78, 5) is 20.1. The minimum absolute atomic E-state index is 0.197. The van der Waals surface area contributed by atoms with Crippen LogP contribution in [0.2, 0.25) is 5.02 Å². The first-order valence-corrected chi connectivity index (χ1v) is 9.70. The molecule has 4 aromatic rings. The molecule has 3 heterocycles. The Hall–Kier alpha value is -2.39. The van der Waals surface area contributed by atoms with Crippen LogP contribution in [0.4, 0.5) is 5.82 Å². The Balaban J connectivity index is 1.80. The van der Waals surface area contributed by atoms with Gasteiger partial charge in [-0.15, -0.1) is 0 Å². The van der Waals surface area contributed by atoms with Gasteiger partial charge in [0.25, 0.3) is 5.56 Å². The molecule has 3 aromatic heterocycles. The third kappa shape index (κ3) is 3.57. The lowest BCUT2D eigenvalue weighted by Crippen LogP contribution is -2.17. The van der Waals surface area contributed by atoms with E-state index in [0.29, 0.717) is 17.2 Å². The quantitative estimate of drug-likeness (QED) is 0.418. The van der Waals surface area contributed by atoms with Gasteiger partial charge in [-0.25, -0.2) is 4.98 Å². The molecule has 0 bridgehead atoms. The standard InChI is InChI=1S/C19H15ClIN5O/c1-11-18(14-6-5-12(21)8-15(14)20)19-24-13(9-17(27)26(19)25-11)10-23-16-4-2-3-7-22-16/h2-9,24H,10H2,1H3,(H,22,23). The van der Waals surface area contributed by atoms with E-state index >= 15 is 0 Å². The highest BCUT2D eigenvalue weighted by Gasteiger charge is 2.17. The fourth-order valence-corrected chi connectivity index (χ4v) is 3.91. The van der Waals surface area contributed by atoms with Crippen molar-refractivity contribution in [2.24, 2.45) is 0 Å². The first-order chi connectivity index (χ1) is 13.0. The maximum absolute atomic E-state index is 12.5. The summed E-state index contributed by atoms with van der Waals surface area (Å²) < 4.78 is 2.42. The van der Waals surface area contributed by atoms with Crippen molar-refractivity contribution >= 4 is 45.7 Å². The fraction of sp³-hybridized carbons (Fsp3) is 0.105. The van der Waals surface area contributed by atoms with Crippen molar-refractivity contribution in [1.82, 2.24) is 19.6 Å². The molecule has 27 heavy (non-hydrogen) atoms. The molecule has 0 unspecified atom stereocenters. The lowest BCUT2D eigenvalue weighted by atomic mass is 10.1. The number of benzene rings is 1. The lowest BCUT2D eigenvalue weighted by Gasteiger charge is -2.08. The average Bonchev–Trinajstić information content (AvgIpc) is 2.98. The van der Waals surface area contributed by atoms with E-state index in [-0.39, 0.29) is 5.56 Å². The van der Waals surface area contributed by atoms with Gasteiger partial charge in [0.1, 0.15) is 11.5 Å². The first-order valence-electron chi connectivity index (χ1n) is 8.25. The number of nitrogens with zero attached hydrogens (tertiary/aromatic N) is 3. The molecular formula is C19H15ClIN5O. The molecular weight excluding hydrogens is 477 g/mol. The minimum atomic E-state index is -0.197. The van der Waals surface area contributed by atoms with Gasteiger partial charge < -0.3 is 10.3 Å². The third-order valence-corrected chi connectivity index (χ3v) is 5.15. The Labute approximate surface area is 173 Å². The van der Waals surface area contributed by atoms with Gasteiger partial charge in [0, 0.05) is 37.7 Å². The summed E-state index contributed by atoms with van der Waals surface area (Å²) in [6.45, 7) is 2.31. The molecule has 0 amide bonds. The van der Waals surface area contributed by atoms with Crippen molar-refractivity contribution < 1.29 is 0 Å². The summed E-state index contributed by atoms with van der Waals surface area (Å²) in [6, 6.07) is 13.0. The molecule has 0 spiro atoms. The largest absolute Gasteiger partial charge is 0.365 e. The maximum atomic E-state index is 12.5. The number of H-pyrrole nitrogens is 1. The van der Waals surface area contributed by atoms with E-state index in [1.807, 2.05) is 43.3 Å². The summed E-state index contributed by atoms with van der Waals surface area (Å²) in [7, 11) is 0. The van der Waals surface area contributed by atoms with Gasteiger partial charge in [0.2, 0.25) is 0 Å². The van der Waals surface area contributed by atoms with Crippen LogP contribution >= 0.6 is 34.2 Å². The van der Waals surface area contributed by atoms with Gasteiger partial charge in [-0.1, -0.05) is 23.7 Å². The van der Waals surface area contributed by atoms with Crippen LogP contribution in [0.5, 0.6) is 0 Å². The predicted octanol–water partition coefficient (Wildman–Crippen LogP) is 4.26. The van der Waals surface area contributed by atoms with E-state index in [1.165, 1.54) is 10.6 Å². The highest BCUT2D eigenvalue weighted by Crippen LogP contribution is 2.33. The monoisotopic (exact) mass is 491 g/mol. The van der Waals surface area contributed by atoms with Crippen molar-refractivity contribution in [3.8, 4) is 11.1 Å². The number of aryl methyl sites for hydroxylation is 1. The smallest absolute Gasteiger partial charge is 0.274 e. The molecule has 0 atom stereocenters.